The minimum absolute atomic E-state index is 0. The molecule has 0 aliphatic rings. The SMILES string of the molecule is C=Cc1ccccc1C=C.Cl.Cl. The Morgan fingerprint density at radius 3 is 1.42 bits per heavy atom. The van der Waals surface area contributed by atoms with Crippen molar-refractivity contribution >= 4 is 37.0 Å². The summed E-state index contributed by atoms with van der Waals surface area (Å²) in [4.78, 5) is 0. The van der Waals surface area contributed by atoms with Crippen LogP contribution in [0, 0.1) is 0 Å². The summed E-state index contributed by atoms with van der Waals surface area (Å²) in [6, 6.07) is 8.02. The van der Waals surface area contributed by atoms with Crippen molar-refractivity contribution in [2.24, 2.45) is 0 Å². The maximum atomic E-state index is 3.69. The lowest BCUT2D eigenvalue weighted by Crippen LogP contribution is -1.76. The molecule has 0 bridgehead atoms. The molecule has 0 aliphatic heterocycles. The van der Waals surface area contributed by atoms with E-state index in [2.05, 4.69) is 13.2 Å². The van der Waals surface area contributed by atoms with Crippen molar-refractivity contribution < 1.29 is 0 Å². The highest BCUT2D eigenvalue weighted by molar-refractivity contribution is 5.85. The van der Waals surface area contributed by atoms with Gasteiger partial charge in [0.15, 0.2) is 0 Å². The second kappa shape index (κ2) is 6.96. The summed E-state index contributed by atoms with van der Waals surface area (Å²) in [5.41, 5.74) is 2.27. The molecule has 0 radical (unpaired) electrons. The molecule has 0 atom stereocenters. The Kier molecular flexibility index (Phi) is 8.03. The molecule has 2 heteroatoms. The number of hydrogen-bond acceptors (Lipinski definition) is 0. The van der Waals surface area contributed by atoms with E-state index in [1.165, 1.54) is 0 Å². The lowest BCUT2D eigenvalue weighted by atomic mass is 10.1. The predicted molar refractivity (Wildman–Crippen MR) is 61.1 cm³/mol. The summed E-state index contributed by atoms with van der Waals surface area (Å²) in [6.45, 7) is 7.38. The fraction of sp³-hybridized carbons (Fsp3) is 0. The molecule has 66 valence electrons. The zero-order valence-electron chi connectivity index (χ0n) is 6.69. The van der Waals surface area contributed by atoms with E-state index in [0.717, 1.165) is 11.1 Å². The molecule has 0 saturated carbocycles. The smallest absolute Gasteiger partial charge is 0.0190 e. The fourth-order valence-corrected chi connectivity index (χ4v) is 0.883. The molecule has 0 saturated heterocycles. The summed E-state index contributed by atoms with van der Waals surface area (Å²) in [6.07, 6.45) is 3.66. The third kappa shape index (κ3) is 3.12. The molecule has 0 amide bonds. The predicted octanol–water partition coefficient (Wildman–Crippen LogP) is 3.82. The minimum Gasteiger partial charge on any atom is -0.147 e. The van der Waals surface area contributed by atoms with Crippen LogP contribution >= 0.6 is 24.8 Å². The van der Waals surface area contributed by atoms with E-state index in [4.69, 9.17) is 0 Å². The van der Waals surface area contributed by atoms with Gasteiger partial charge in [-0.1, -0.05) is 49.6 Å². The summed E-state index contributed by atoms with van der Waals surface area (Å²) >= 11 is 0. The molecule has 0 nitrogen and oxygen atoms in total. The first-order valence-electron chi connectivity index (χ1n) is 3.22. The van der Waals surface area contributed by atoms with Gasteiger partial charge in [0.05, 0.1) is 0 Å². The van der Waals surface area contributed by atoms with Crippen LogP contribution in [0.3, 0.4) is 0 Å². The highest BCUT2D eigenvalue weighted by atomic mass is 35.5. The van der Waals surface area contributed by atoms with E-state index in [0.29, 0.717) is 0 Å². The molecule has 0 N–H and O–H groups in total. The largest absolute Gasteiger partial charge is 0.147 e. The lowest BCUT2D eigenvalue weighted by Gasteiger charge is -1.96. The maximum Gasteiger partial charge on any atom is -0.0190 e. The van der Waals surface area contributed by atoms with Crippen LogP contribution in [0.1, 0.15) is 11.1 Å². The monoisotopic (exact) mass is 202 g/mol. The van der Waals surface area contributed by atoms with Crippen LogP contribution in [0.5, 0.6) is 0 Å². The summed E-state index contributed by atoms with van der Waals surface area (Å²) in [5.74, 6) is 0. The van der Waals surface area contributed by atoms with Crippen LogP contribution in [-0.2, 0) is 0 Å². The molecular weight excluding hydrogens is 191 g/mol. The Balaban J connectivity index is 0. The van der Waals surface area contributed by atoms with Crippen molar-refractivity contribution in [2.45, 2.75) is 0 Å². The van der Waals surface area contributed by atoms with Gasteiger partial charge in [-0.3, -0.25) is 0 Å². The third-order valence-corrected chi connectivity index (χ3v) is 1.44. The van der Waals surface area contributed by atoms with E-state index in [1.807, 2.05) is 36.4 Å². The molecule has 1 rings (SSSR count). The quantitative estimate of drug-likeness (QED) is 0.685. The van der Waals surface area contributed by atoms with Crippen LogP contribution in [0.2, 0.25) is 0 Å². The van der Waals surface area contributed by atoms with Gasteiger partial charge in [0.25, 0.3) is 0 Å². The first-order valence-corrected chi connectivity index (χ1v) is 3.22. The van der Waals surface area contributed by atoms with Gasteiger partial charge in [0, 0.05) is 0 Å². The van der Waals surface area contributed by atoms with Crippen molar-refractivity contribution in [3.8, 4) is 0 Å². The molecule has 0 aliphatic carbocycles. The normalized spacial score (nSPS) is 7.33. The van der Waals surface area contributed by atoms with Crippen LogP contribution in [0.15, 0.2) is 37.4 Å². The van der Waals surface area contributed by atoms with Gasteiger partial charge in [0.1, 0.15) is 0 Å². The Bertz CT molecular complexity index is 227. The zero-order chi connectivity index (χ0) is 7.40. The molecule has 1 aromatic carbocycles. The third-order valence-electron chi connectivity index (χ3n) is 1.44. The van der Waals surface area contributed by atoms with E-state index in [-0.39, 0.29) is 24.8 Å². The molecule has 0 aromatic heterocycles. The first kappa shape index (κ1) is 13.8. The highest BCUT2D eigenvalue weighted by Gasteiger charge is 1.89. The second-order valence-electron chi connectivity index (χ2n) is 2.04. The van der Waals surface area contributed by atoms with Crippen LogP contribution < -0.4 is 0 Å². The van der Waals surface area contributed by atoms with Gasteiger partial charge in [-0.15, -0.1) is 24.8 Å². The molecule has 0 heterocycles. The standard InChI is InChI=1S/C10H10.2ClH/c1-3-9-7-5-6-8-10(9)4-2;;/h3-8H,1-2H2;2*1H. The molecule has 0 fully saturated rings. The highest BCUT2D eigenvalue weighted by Crippen LogP contribution is 2.10. The van der Waals surface area contributed by atoms with Crippen molar-refractivity contribution in [3.05, 3.63) is 48.6 Å². The average Bonchev–Trinajstić information content (AvgIpc) is 2.04. The lowest BCUT2D eigenvalue weighted by molar-refractivity contribution is 1.62. The molecule has 0 spiro atoms. The van der Waals surface area contributed by atoms with Crippen molar-refractivity contribution in [1.29, 1.82) is 0 Å². The van der Waals surface area contributed by atoms with Crippen molar-refractivity contribution in [2.75, 3.05) is 0 Å². The molecule has 1 aromatic rings. The Morgan fingerprint density at radius 2 is 1.17 bits per heavy atom. The van der Waals surface area contributed by atoms with Crippen LogP contribution in [0.4, 0.5) is 0 Å². The zero-order valence-corrected chi connectivity index (χ0v) is 8.33. The minimum atomic E-state index is 0. The maximum absolute atomic E-state index is 3.69. The number of halogens is 2. The number of hydrogen-bond donors (Lipinski definition) is 0. The first-order chi connectivity index (χ1) is 4.88. The van der Waals surface area contributed by atoms with E-state index >= 15 is 0 Å². The fourth-order valence-electron chi connectivity index (χ4n) is 0.883. The van der Waals surface area contributed by atoms with Gasteiger partial charge in [-0.25, -0.2) is 0 Å². The Labute approximate surface area is 85.8 Å². The van der Waals surface area contributed by atoms with Gasteiger partial charge in [-0.05, 0) is 11.1 Å². The van der Waals surface area contributed by atoms with Gasteiger partial charge in [-0.2, -0.15) is 0 Å². The van der Waals surface area contributed by atoms with E-state index in [1.54, 1.807) is 0 Å². The van der Waals surface area contributed by atoms with Gasteiger partial charge in [0.2, 0.25) is 0 Å². The van der Waals surface area contributed by atoms with Gasteiger partial charge < -0.3 is 0 Å². The number of rotatable bonds is 2. The van der Waals surface area contributed by atoms with Crippen molar-refractivity contribution in [3.63, 3.8) is 0 Å². The summed E-state index contributed by atoms with van der Waals surface area (Å²) in [5, 5.41) is 0. The summed E-state index contributed by atoms with van der Waals surface area (Å²) < 4.78 is 0. The second-order valence-corrected chi connectivity index (χ2v) is 2.04. The molecular formula is C10H12Cl2. The van der Waals surface area contributed by atoms with E-state index in [9.17, 15) is 0 Å². The molecule has 12 heavy (non-hydrogen) atoms. The Morgan fingerprint density at radius 1 is 0.833 bits per heavy atom. The molecule has 0 unspecified atom stereocenters. The Hall–Kier alpha value is -0.720. The summed E-state index contributed by atoms with van der Waals surface area (Å²) in [7, 11) is 0. The van der Waals surface area contributed by atoms with Crippen LogP contribution in [0.25, 0.3) is 12.2 Å². The topological polar surface area (TPSA) is 0 Å². The average molecular weight is 203 g/mol. The number of benzene rings is 1. The van der Waals surface area contributed by atoms with Crippen LogP contribution in [-0.4, -0.2) is 0 Å². The van der Waals surface area contributed by atoms with Gasteiger partial charge >= 0.3 is 0 Å². The van der Waals surface area contributed by atoms with E-state index < -0.39 is 0 Å². The van der Waals surface area contributed by atoms with Crippen molar-refractivity contribution in [1.82, 2.24) is 0 Å².